The van der Waals surface area contributed by atoms with Gasteiger partial charge in [-0.25, -0.2) is 0 Å². The quantitative estimate of drug-likeness (QED) is 0.608. The van der Waals surface area contributed by atoms with Gasteiger partial charge in [-0.1, -0.05) is 25.7 Å². The van der Waals surface area contributed by atoms with E-state index in [0.29, 0.717) is 12.6 Å². The van der Waals surface area contributed by atoms with Gasteiger partial charge in [0.15, 0.2) is 0 Å². The van der Waals surface area contributed by atoms with Crippen LogP contribution in [0.2, 0.25) is 0 Å². The molecule has 0 aromatic heterocycles. The third-order valence-corrected chi connectivity index (χ3v) is 3.66. The molecule has 1 unspecified atom stereocenters. The SMILES string of the molecule is CC(NCCCCCCO)C1CCCC1. The van der Waals surface area contributed by atoms with E-state index < -0.39 is 0 Å². The van der Waals surface area contributed by atoms with Crippen molar-refractivity contribution < 1.29 is 5.11 Å². The van der Waals surface area contributed by atoms with Gasteiger partial charge in [0, 0.05) is 12.6 Å². The first-order valence-corrected chi connectivity index (χ1v) is 6.69. The highest BCUT2D eigenvalue weighted by Crippen LogP contribution is 2.27. The molecule has 0 bridgehead atoms. The Labute approximate surface area is 94.5 Å². The average Bonchev–Trinajstić information content (AvgIpc) is 2.76. The Balaban J connectivity index is 1.90. The van der Waals surface area contributed by atoms with Crippen molar-refractivity contribution in [1.82, 2.24) is 5.32 Å². The summed E-state index contributed by atoms with van der Waals surface area (Å²) in [6, 6.07) is 0.713. The summed E-state index contributed by atoms with van der Waals surface area (Å²) in [4.78, 5) is 0. The molecule has 1 saturated carbocycles. The number of aliphatic hydroxyl groups is 1. The maximum Gasteiger partial charge on any atom is 0.0431 e. The molecule has 0 heterocycles. The number of nitrogens with one attached hydrogen (secondary N) is 1. The molecular formula is C13H27NO. The van der Waals surface area contributed by atoms with Crippen LogP contribution in [0, 0.1) is 5.92 Å². The van der Waals surface area contributed by atoms with E-state index in [4.69, 9.17) is 5.11 Å². The average molecular weight is 213 g/mol. The number of unbranched alkanes of at least 4 members (excludes halogenated alkanes) is 3. The summed E-state index contributed by atoms with van der Waals surface area (Å²) >= 11 is 0. The third kappa shape index (κ3) is 5.53. The number of aliphatic hydroxyl groups excluding tert-OH is 1. The maximum absolute atomic E-state index is 8.64. The molecule has 1 aliphatic carbocycles. The second-order valence-electron chi connectivity index (χ2n) is 4.93. The van der Waals surface area contributed by atoms with Gasteiger partial charge >= 0.3 is 0 Å². The Morgan fingerprint density at radius 3 is 2.47 bits per heavy atom. The third-order valence-electron chi connectivity index (χ3n) is 3.66. The van der Waals surface area contributed by atoms with Crippen molar-refractivity contribution in [2.45, 2.75) is 64.3 Å². The summed E-state index contributed by atoms with van der Waals surface area (Å²) in [7, 11) is 0. The van der Waals surface area contributed by atoms with E-state index in [1.807, 2.05) is 0 Å². The fraction of sp³-hybridized carbons (Fsp3) is 1.00. The van der Waals surface area contributed by atoms with E-state index in [1.165, 1.54) is 44.9 Å². The largest absolute Gasteiger partial charge is 0.396 e. The summed E-state index contributed by atoms with van der Waals surface area (Å²) in [6.45, 7) is 3.85. The van der Waals surface area contributed by atoms with E-state index in [9.17, 15) is 0 Å². The molecule has 0 aromatic rings. The fourth-order valence-electron chi connectivity index (χ4n) is 2.54. The van der Waals surface area contributed by atoms with Crippen LogP contribution in [-0.2, 0) is 0 Å². The van der Waals surface area contributed by atoms with Gasteiger partial charge in [0.1, 0.15) is 0 Å². The zero-order valence-corrected chi connectivity index (χ0v) is 10.2. The Bertz CT molecular complexity index is 143. The molecule has 1 rings (SSSR count). The molecule has 0 radical (unpaired) electrons. The molecule has 15 heavy (non-hydrogen) atoms. The van der Waals surface area contributed by atoms with Crippen molar-refractivity contribution in [2.75, 3.05) is 13.2 Å². The molecule has 1 atom stereocenters. The molecule has 0 aliphatic heterocycles. The van der Waals surface area contributed by atoms with Gasteiger partial charge in [-0.3, -0.25) is 0 Å². The zero-order valence-electron chi connectivity index (χ0n) is 10.2. The summed E-state index contributed by atoms with van der Waals surface area (Å²) < 4.78 is 0. The second kappa shape index (κ2) is 8.12. The van der Waals surface area contributed by atoms with Crippen LogP contribution in [0.3, 0.4) is 0 Å². The lowest BCUT2D eigenvalue weighted by atomic mass is 10.00. The normalized spacial score (nSPS) is 19.6. The van der Waals surface area contributed by atoms with Gasteiger partial charge < -0.3 is 10.4 Å². The highest BCUT2D eigenvalue weighted by Gasteiger charge is 2.20. The van der Waals surface area contributed by atoms with Crippen molar-refractivity contribution in [2.24, 2.45) is 5.92 Å². The van der Waals surface area contributed by atoms with Crippen LogP contribution in [0.5, 0.6) is 0 Å². The van der Waals surface area contributed by atoms with Crippen LogP contribution in [-0.4, -0.2) is 24.3 Å². The molecule has 2 heteroatoms. The van der Waals surface area contributed by atoms with E-state index in [-0.39, 0.29) is 0 Å². The minimum absolute atomic E-state index is 0.353. The summed E-state index contributed by atoms with van der Waals surface area (Å²) in [5, 5.41) is 12.3. The van der Waals surface area contributed by atoms with Gasteiger partial charge in [0.2, 0.25) is 0 Å². The number of hydrogen-bond acceptors (Lipinski definition) is 2. The van der Waals surface area contributed by atoms with Crippen molar-refractivity contribution in [3.63, 3.8) is 0 Å². The van der Waals surface area contributed by atoms with Crippen LogP contribution < -0.4 is 5.32 Å². The Morgan fingerprint density at radius 1 is 1.13 bits per heavy atom. The summed E-state index contributed by atoms with van der Waals surface area (Å²) in [6.07, 6.45) is 10.4. The van der Waals surface area contributed by atoms with Gasteiger partial charge in [-0.05, 0) is 45.1 Å². The molecule has 0 spiro atoms. The molecule has 0 saturated heterocycles. The second-order valence-corrected chi connectivity index (χ2v) is 4.93. The topological polar surface area (TPSA) is 32.3 Å². The molecule has 90 valence electrons. The van der Waals surface area contributed by atoms with Gasteiger partial charge in [-0.2, -0.15) is 0 Å². The van der Waals surface area contributed by atoms with Gasteiger partial charge in [0.25, 0.3) is 0 Å². The molecule has 1 aliphatic rings. The highest BCUT2D eigenvalue weighted by atomic mass is 16.2. The van der Waals surface area contributed by atoms with E-state index in [0.717, 1.165) is 18.9 Å². The van der Waals surface area contributed by atoms with Crippen molar-refractivity contribution in [3.8, 4) is 0 Å². The van der Waals surface area contributed by atoms with Crippen molar-refractivity contribution in [3.05, 3.63) is 0 Å². The Hall–Kier alpha value is -0.0800. The van der Waals surface area contributed by atoms with Crippen LogP contribution in [0.25, 0.3) is 0 Å². The molecule has 2 N–H and O–H groups in total. The number of rotatable bonds is 8. The maximum atomic E-state index is 8.64. The smallest absolute Gasteiger partial charge is 0.0431 e. The first kappa shape index (κ1) is 13.0. The minimum atomic E-state index is 0.353. The molecule has 0 amide bonds. The van der Waals surface area contributed by atoms with Crippen LogP contribution in [0.4, 0.5) is 0 Å². The van der Waals surface area contributed by atoms with Crippen molar-refractivity contribution in [1.29, 1.82) is 0 Å². The fourth-order valence-corrected chi connectivity index (χ4v) is 2.54. The predicted molar refractivity (Wildman–Crippen MR) is 65.0 cm³/mol. The molecule has 1 fully saturated rings. The van der Waals surface area contributed by atoms with Crippen LogP contribution in [0.1, 0.15) is 58.3 Å². The van der Waals surface area contributed by atoms with Crippen molar-refractivity contribution >= 4 is 0 Å². The van der Waals surface area contributed by atoms with Crippen LogP contribution in [0.15, 0.2) is 0 Å². The molecule has 0 aromatic carbocycles. The molecule has 2 nitrogen and oxygen atoms in total. The highest BCUT2D eigenvalue weighted by molar-refractivity contribution is 4.76. The standard InChI is InChI=1S/C13H27NO/c1-12(13-8-4-5-9-13)14-10-6-2-3-7-11-15/h12-15H,2-11H2,1H3. The monoisotopic (exact) mass is 213 g/mol. The first-order valence-electron chi connectivity index (χ1n) is 6.69. The zero-order chi connectivity index (χ0) is 10.9. The first-order chi connectivity index (χ1) is 7.34. The summed E-state index contributed by atoms with van der Waals surface area (Å²) in [5.41, 5.74) is 0. The lowest BCUT2D eigenvalue weighted by Gasteiger charge is -2.20. The van der Waals surface area contributed by atoms with Gasteiger partial charge in [-0.15, -0.1) is 0 Å². The summed E-state index contributed by atoms with van der Waals surface area (Å²) in [5.74, 6) is 0.933. The Kier molecular flexibility index (Phi) is 7.03. The lowest BCUT2D eigenvalue weighted by Crippen LogP contribution is -2.32. The van der Waals surface area contributed by atoms with Gasteiger partial charge in [0.05, 0.1) is 0 Å². The lowest BCUT2D eigenvalue weighted by molar-refractivity contribution is 0.282. The number of hydrogen-bond donors (Lipinski definition) is 2. The van der Waals surface area contributed by atoms with Crippen LogP contribution >= 0.6 is 0 Å². The van der Waals surface area contributed by atoms with E-state index in [2.05, 4.69) is 12.2 Å². The molecular weight excluding hydrogens is 186 g/mol. The van der Waals surface area contributed by atoms with E-state index in [1.54, 1.807) is 0 Å². The minimum Gasteiger partial charge on any atom is -0.396 e. The van der Waals surface area contributed by atoms with E-state index >= 15 is 0 Å². The predicted octanol–water partition coefficient (Wildman–Crippen LogP) is 2.71. The Morgan fingerprint density at radius 2 is 1.80 bits per heavy atom.